The van der Waals surface area contributed by atoms with E-state index in [-0.39, 0.29) is 5.91 Å². The number of carbonyl (C=O) groups excluding carboxylic acids is 1. The van der Waals surface area contributed by atoms with E-state index in [9.17, 15) is 4.79 Å². The second kappa shape index (κ2) is 6.48. The van der Waals surface area contributed by atoms with Gasteiger partial charge in [0.05, 0.1) is 11.6 Å². The molecular formula is C19H19ClN4O. The van der Waals surface area contributed by atoms with E-state index >= 15 is 0 Å². The van der Waals surface area contributed by atoms with Gasteiger partial charge < -0.3 is 5.32 Å². The van der Waals surface area contributed by atoms with Gasteiger partial charge in [0.15, 0.2) is 0 Å². The summed E-state index contributed by atoms with van der Waals surface area (Å²) in [6.45, 7) is 1.91. The van der Waals surface area contributed by atoms with Crippen LogP contribution in [-0.2, 0) is 0 Å². The predicted molar refractivity (Wildman–Crippen MR) is 99.2 cm³/mol. The Hall–Kier alpha value is -2.40. The van der Waals surface area contributed by atoms with Crippen molar-refractivity contribution < 1.29 is 4.79 Å². The summed E-state index contributed by atoms with van der Waals surface area (Å²) in [6, 6.07) is 11.4. The van der Waals surface area contributed by atoms with E-state index in [1.54, 1.807) is 12.1 Å². The van der Waals surface area contributed by atoms with Crippen LogP contribution in [0.4, 0.5) is 5.69 Å². The van der Waals surface area contributed by atoms with Crippen LogP contribution in [-0.4, -0.2) is 20.9 Å². The number of halogens is 1. The lowest BCUT2D eigenvalue weighted by atomic mass is 10.1. The monoisotopic (exact) mass is 354 g/mol. The Morgan fingerprint density at radius 1 is 1.20 bits per heavy atom. The minimum Gasteiger partial charge on any atom is -0.322 e. The Morgan fingerprint density at radius 3 is 2.76 bits per heavy atom. The van der Waals surface area contributed by atoms with Crippen molar-refractivity contribution in [2.75, 3.05) is 5.32 Å². The van der Waals surface area contributed by atoms with E-state index in [1.807, 2.05) is 35.9 Å². The first kappa shape index (κ1) is 16.1. The molecule has 6 heteroatoms. The number of hydrogen-bond donors (Lipinski definition) is 1. The van der Waals surface area contributed by atoms with Gasteiger partial charge in [-0.2, -0.15) is 0 Å². The summed E-state index contributed by atoms with van der Waals surface area (Å²) < 4.78 is 2.01. The molecule has 1 saturated carbocycles. The summed E-state index contributed by atoms with van der Waals surface area (Å²) in [5, 5.41) is 12.1. The topological polar surface area (TPSA) is 59.8 Å². The Kier molecular flexibility index (Phi) is 4.17. The maximum absolute atomic E-state index is 12.6. The molecule has 3 aromatic rings. The van der Waals surface area contributed by atoms with Gasteiger partial charge in [-0.25, -0.2) is 4.68 Å². The highest BCUT2D eigenvalue weighted by Crippen LogP contribution is 2.31. The van der Waals surface area contributed by atoms with Crippen LogP contribution in [0.25, 0.3) is 11.0 Å². The fraction of sp³-hybridized carbons (Fsp3) is 0.316. The van der Waals surface area contributed by atoms with Crippen LogP contribution in [0.2, 0.25) is 5.02 Å². The largest absolute Gasteiger partial charge is 0.322 e. The van der Waals surface area contributed by atoms with Crippen molar-refractivity contribution in [3.8, 4) is 0 Å². The molecular weight excluding hydrogens is 336 g/mol. The van der Waals surface area contributed by atoms with Crippen molar-refractivity contribution in [3.05, 3.63) is 52.5 Å². The molecule has 1 aliphatic rings. The molecule has 1 heterocycles. The Morgan fingerprint density at radius 2 is 2.00 bits per heavy atom. The standard InChI is InChI=1S/C19H19ClN4O/c1-12-10-14(20)7-8-16(12)21-19(25)13-6-9-18-17(11-13)22-23-24(18)15-4-2-3-5-15/h6-11,15H,2-5H2,1H3,(H,21,25). The highest BCUT2D eigenvalue weighted by Gasteiger charge is 2.20. The van der Waals surface area contributed by atoms with E-state index in [0.29, 0.717) is 16.6 Å². The molecule has 1 N–H and O–H groups in total. The summed E-state index contributed by atoms with van der Waals surface area (Å²) in [6.07, 6.45) is 4.78. The third-order valence-corrected chi connectivity index (χ3v) is 5.08. The normalized spacial score (nSPS) is 15.0. The van der Waals surface area contributed by atoms with Gasteiger partial charge in [-0.1, -0.05) is 29.7 Å². The summed E-state index contributed by atoms with van der Waals surface area (Å²) in [4.78, 5) is 12.6. The van der Waals surface area contributed by atoms with Crippen LogP contribution >= 0.6 is 11.6 Å². The molecule has 1 aromatic heterocycles. The third kappa shape index (κ3) is 3.12. The van der Waals surface area contributed by atoms with Crippen molar-refractivity contribution in [2.45, 2.75) is 38.6 Å². The maximum Gasteiger partial charge on any atom is 0.255 e. The molecule has 25 heavy (non-hydrogen) atoms. The Labute approximate surface area is 151 Å². The van der Waals surface area contributed by atoms with Gasteiger partial charge in [-0.15, -0.1) is 5.10 Å². The van der Waals surface area contributed by atoms with E-state index in [0.717, 1.165) is 35.1 Å². The molecule has 0 bridgehead atoms. The smallest absolute Gasteiger partial charge is 0.255 e. The molecule has 1 aliphatic carbocycles. The molecule has 1 amide bonds. The average Bonchev–Trinajstić information content (AvgIpc) is 3.25. The van der Waals surface area contributed by atoms with Gasteiger partial charge in [0.2, 0.25) is 0 Å². The zero-order chi connectivity index (χ0) is 17.4. The number of amides is 1. The Bertz CT molecular complexity index is 944. The van der Waals surface area contributed by atoms with Crippen LogP contribution < -0.4 is 5.32 Å². The SMILES string of the molecule is Cc1cc(Cl)ccc1NC(=O)c1ccc2c(c1)nnn2C1CCCC1. The van der Waals surface area contributed by atoms with Crippen LogP contribution in [0.1, 0.15) is 47.6 Å². The fourth-order valence-corrected chi connectivity index (χ4v) is 3.69. The molecule has 128 valence electrons. The number of anilines is 1. The van der Waals surface area contributed by atoms with Gasteiger partial charge >= 0.3 is 0 Å². The number of carbonyl (C=O) groups is 1. The number of fused-ring (bicyclic) bond motifs is 1. The molecule has 0 unspecified atom stereocenters. The molecule has 0 aliphatic heterocycles. The van der Waals surface area contributed by atoms with Gasteiger partial charge in [0.1, 0.15) is 5.52 Å². The maximum atomic E-state index is 12.6. The van der Waals surface area contributed by atoms with Crippen molar-refractivity contribution >= 4 is 34.2 Å². The lowest BCUT2D eigenvalue weighted by molar-refractivity contribution is 0.102. The number of benzene rings is 2. The first-order chi connectivity index (χ1) is 12.1. The minimum absolute atomic E-state index is 0.164. The summed E-state index contributed by atoms with van der Waals surface area (Å²) in [7, 11) is 0. The summed E-state index contributed by atoms with van der Waals surface area (Å²) in [5.41, 5.74) is 4.00. The second-order valence-corrected chi connectivity index (χ2v) is 7.03. The van der Waals surface area contributed by atoms with Crippen molar-refractivity contribution in [2.24, 2.45) is 0 Å². The number of aromatic nitrogens is 3. The van der Waals surface area contributed by atoms with Crippen LogP contribution in [0.5, 0.6) is 0 Å². The fourth-order valence-electron chi connectivity index (χ4n) is 3.46. The third-order valence-electron chi connectivity index (χ3n) is 4.84. The van der Waals surface area contributed by atoms with E-state index in [4.69, 9.17) is 11.6 Å². The zero-order valence-corrected chi connectivity index (χ0v) is 14.8. The quantitative estimate of drug-likeness (QED) is 0.737. The van der Waals surface area contributed by atoms with Crippen molar-refractivity contribution in [3.63, 3.8) is 0 Å². The van der Waals surface area contributed by atoms with Crippen molar-refractivity contribution in [1.82, 2.24) is 15.0 Å². The number of hydrogen-bond acceptors (Lipinski definition) is 3. The van der Waals surface area contributed by atoms with Gasteiger partial charge in [-0.05, 0) is 61.7 Å². The van der Waals surface area contributed by atoms with Gasteiger partial charge in [0.25, 0.3) is 5.91 Å². The van der Waals surface area contributed by atoms with Gasteiger partial charge in [0, 0.05) is 16.3 Å². The molecule has 0 radical (unpaired) electrons. The first-order valence-corrected chi connectivity index (χ1v) is 8.92. The summed E-state index contributed by atoms with van der Waals surface area (Å²) >= 11 is 5.96. The molecule has 1 fully saturated rings. The molecule has 4 rings (SSSR count). The van der Waals surface area contributed by atoms with Crippen LogP contribution in [0.15, 0.2) is 36.4 Å². The second-order valence-electron chi connectivity index (χ2n) is 6.59. The van der Waals surface area contributed by atoms with Crippen LogP contribution in [0.3, 0.4) is 0 Å². The number of aryl methyl sites for hydroxylation is 1. The van der Waals surface area contributed by atoms with E-state index < -0.39 is 0 Å². The van der Waals surface area contributed by atoms with Crippen molar-refractivity contribution in [1.29, 1.82) is 0 Å². The lowest BCUT2D eigenvalue weighted by Gasteiger charge is -2.10. The predicted octanol–water partition coefficient (Wildman–Crippen LogP) is 4.76. The lowest BCUT2D eigenvalue weighted by Crippen LogP contribution is -2.12. The molecule has 5 nitrogen and oxygen atoms in total. The first-order valence-electron chi connectivity index (χ1n) is 8.54. The number of nitrogens with zero attached hydrogens (tertiary/aromatic N) is 3. The minimum atomic E-state index is -0.164. The number of rotatable bonds is 3. The summed E-state index contributed by atoms with van der Waals surface area (Å²) in [5.74, 6) is -0.164. The van der Waals surface area contributed by atoms with E-state index in [2.05, 4.69) is 15.6 Å². The van der Waals surface area contributed by atoms with E-state index in [1.165, 1.54) is 12.8 Å². The number of nitrogens with one attached hydrogen (secondary N) is 1. The average molecular weight is 355 g/mol. The molecule has 0 spiro atoms. The highest BCUT2D eigenvalue weighted by molar-refractivity contribution is 6.30. The molecule has 0 atom stereocenters. The van der Waals surface area contributed by atoms with Crippen LogP contribution in [0, 0.1) is 6.92 Å². The zero-order valence-electron chi connectivity index (χ0n) is 14.0. The Balaban J connectivity index is 1.59. The molecule has 0 saturated heterocycles. The molecule has 2 aromatic carbocycles. The van der Waals surface area contributed by atoms with Gasteiger partial charge in [-0.3, -0.25) is 4.79 Å². The highest BCUT2D eigenvalue weighted by atomic mass is 35.5.